The Morgan fingerprint density at radius 3 is 2.57 bits per heavy atom. The molecule has 9 heteroatoms. The third kappa shape index (κ3) is 5.18. The molecule has 0 aliphatic carbocycles. The minimum absolute atomic E-state index is 0.133. The van der Waals surface area contributed by atoms with E-state index in [1.165, 1.54) is 4.57 Å². The van der Waals surface area contributed by atoms with Crippen molar-refractivity contribution < 1.29 is 18.4 Å². The topological polar surface area (TPSA) is 110 Å². The molecule has 0 saturated heterocycles. The van der Waals surface area contributed by atoms with Gasteiger partial charge in [-0.3, -0.25) is 29.9 Å². The maximum Gasteiger partial charge on any atom is 0.419 e. The first-order chi connectivity index (χ1) is 14.5. The normalized spacial score (nSPS) is 11.2. The fourth-order valence-corrected chi connectivity index (χ4v) is 3.13. The molecular weight excluding hydrogens is 388 g/mol. The summed E-state index contributed by atoms with van der Waals surface area (Å²) in [5, 5.41) is 0. The summed E-state index contributed by atoms with van der Waals surface area (Å²) >= 11 is 0. The largest absolute Gasteiger partial charge is 0.454 e. The second-order valence-electron chi connectivity index (χ2n) is 6.82. The Morgan fingerprint density at radius 2 is 1.80 bits per heavy atom. The molecule has 0 saturated carbocycles. The van der Waals surface area contributed by atoms with Crippen LogP contribution in [0.15, 0.2) is 50.0 Å². The molecule has 0 aliphatic heterocycles. The van der Waals surface area contributed by atoms with Gasteiger partial charge in [0, 0.05) is 13.0 Å². The van der Waals surface area contributed by atoms with E-state index in [1.807, 2.05) is 6.07 Å². The van der Waals surface area contributed by atoms with E-state index in [9.17, 15) is 14.4 Å². The van der Waals surface area contributed by atoms with Gasteiger partial charge in [0.1, 0.15) is 5.76 Å². The molecule has 0 spiro atoms. The van der Waals surface area contributed by atoms with Gasteiger partial charge in [0.2, 0.25) is 5.91 Å². The highest BCUT2D eigenvalue weighted by Crippen LogP contribution is 2.12. The van der Waals surface area contributed by atoms with Gasteiger partial charge in [-0.1, -0.05) is 26.0 Å². The van der Waals surface area contributed by atoms with Crippen molar-refractivity contribution in [3.63, 3.8) is 0 Å². The summed E-state index contributed by atoms with van der Waals surface area (Å²) in [4.78, 5) is 38.2. The molecule has 0 atom stereocenters. The predicted molar refractivity (Wildman–Crippen MR) is 111 cm³/mol. The molecular formula is C21H26N4O5. The van der Waals surface area contributed by atoms with Crippen LogP contribution >= 0.6 is 0 Å². The number of hydrogen-bond donors (Lipinski definition) is 2. The van der Waals surface area contributed by atoms with Gasteiger partial charge >= 0.3 is 11.7 Å². The SMILES string of the molecule is CCN(CC)Cc1ccc(C(=O)NNC(=O)CCCn2c(=O)oc3ccccc32)o1. The Balaban J connectivity index is 1.44. The smallest absolute Gasteiger partial charge is 0.419 e. The quantitative estimate of drug-likeness (QED) is 0.520. The van der Waals surface area contributed by atoms with Gasteiger partial charge in [-0.15, -0.1) is 0 Å². The van der Waals surface area contributed by atoms with Crippen molar-refractivity contribution >= 4 is 22.9 Å². The summed E-state index contributed by atoms with van der Waals surface area (Å²) in [6.45, 7) is 6.84. The number of aromatic nitrogens is 1. The van der Waals surface area contributed by atoms with Crippen LogP contribution < -0.4 is 16.6 Å². The van der Waals surface area contributed by atoms with E-state index >= 15 is 0 Å². The number of para-hydroxylation sites is 2. The van der Waals surface area contributed by atoms with Crippen molar-refractivity contribution in [2.75, 3.05) is 13.1 Å². The Hall–Kier alpha value is -3.33. The first-order valence-electron chi connectivity index (χ1n) is 10.0. The number of nitrogens with one attached hydrogen (secondary N) is 2. The summed E-state index contributed by atoms with van der Waals surface area (Å²) in [6.07, 6.45) is 0.553. The fourth-order valence-electron chi connectivity index (χ4n) is 3.13. The summed E-state index contributed by atoms with van der Waals surface area (Å²) in [7, 11) is 0. The number of aryl methyl sites for hydroxylation is 1. The van der Waals surface area contributed by atoms with Crippen molar-refractivity contribution in [3.8, 4) is 0 Å². The maximum absolute atomic E-state index is 12.1. The minimum atomic E-state index is -0.522. The van der Waals surface area contributed by atoms with Crippen molar-refractivity contribution in [1.82, 2.24) is 20.3 Å². The number of oxazole rings is 1. The maximum atomic E-state index is 12.1. The fraction of sp³-hybridized carbons (Fsp3) is 0.381. The van der Waals surface area contributed by atoms with Crippen LogP contribution in [0.25, 0.3) is 11.1 Å². The molecule has 2 aromatic heterocycles. The van der Waals surface area contributed by atoms with E-state index < -0.39 is 11.7 Å². The average molecular weight is 414 g/mol. The van der Waals surface area contributed by atoms with E-state index in [0.717, 1.165) is 13.1 Å². The third-order valence-corrected chi connectivity index (χ3v) is 4.83. The first-order valence-corrected chi connectivity index (χ1v) is 10.0. The molecule has 2 heterocycles. The van der Waals surface area contributed by atoms with Gasteiger partial charge in [-0.25, -0.2) is 4.79 Å². The first kappa shape index (κ1) is 21.4. The molecule has 30 heavy (non-hydrogen) atoms. The zero-order chi connectivity index (χ0) is 21.5. The van der Waals surface area contributed by atoms with Crippen LogP contribution in [0.2, 0.25) is 0 Å². The number of fused-ring (bicyclic) bond motifs is 1. The standard InChI is InChI=1S/C21H26N4O5/c1-3-24(4-2)14-15-11-12-18(29-15)20(27)23-22-19(26)10-7-13-25-16-8-5-6-9-17(16)30-21(25)28/h5-6,8-9,11-12H,3-4,7,10,13-14H2,1-2H3,(H,22,26)(H,23,27). The van der Waals surface area contributed by atoms with Gasteiger partial charge in [0.15, 0.2) is 11.3 Å². The van der Waals surface area contributed by atoms with Gasteiger partial charge in [0.05, 0.1) is 12.1 Å². The zero-order valence-corrected chi connectivity index (χ0v) is 17.1. The molecule has 0 fully saturated rings. The van der Waals surface area contributed by atoms with E-state index in [-0.39, 0.29) is 18.1 Å². The second kappa shape index (κ2) is 9.93. The molecule has 1 aromatic carbocycles. The number of carbonyl (C=O) groups is 2. The van der Waals surface area contributed by atoms with Gasteiger partial charge in [-0.05, 0) is 43.8 Å². The van der Waals surface area contributed by atoms with Gasteiger partial charge in [-0.2, -0.15) is 0 Å². The summed E-state index contributed by atoms with van der Waals surface area (Å²) in [5.74, 6) is -0.518. The number of furan rings is 1. The number of amides is 2. The van der Waals surface area contributed by atoms with E-state index in [1.54, 1.807) is 30.3 Å². The number of hydrazine groups is 1. The van der Waals surface area contributed by atoms with Crippen LogP contribution in [0, 0.1) is 0 Å². The molecule has 160 valence electrons. The number of nitrogens with zero attached hydrogens (tertiary/aromatic N) is 2. The van der Waals surface area contributed by atoms with E-state index in [4.69, 9.17) is 8.83 Å². The van der Waals surface area contributed by atoms with Crippen LogP contribution in [0.1, 0.15) is 43.0 Å². The zero-order valence-electron chi connectivity index (χ0n) is 17.1. The lowest BCUT2D eigenvalue weighted by atomic mass is 10.3. The molecule has 0 bridgehead atoms. The van der Waals surface area contributed by atoms with Crippen molar-refractivity contribution in [2.45, 2.75) is 39.8 Å². The molecule has 2 N–H and O–H groups in total. The van der Waals surface area contributed by atoms with Crippen LogP contribution in [0.3, 0.4) is 0 Å². The van der Waals surface area contributed by atoms with Crippen molar-refractivity contribution in [2.24, 2.45) is 0 Å². The van der Waals surface area contributed by atoms with Crippen molar-refractivity contribution in [1.29, 1.82) is 0 Å². The Labute approximate surface area is 173 Å². The molecule has 0 aliphatic rings. The number of benzene rings is 1. The van der Waals surface area contributed by atoms with Crippen LogP contribution in [-0.2, 0) is 17.9 Å². The molecule has 9 nitrogen and oxygen atoms in total. The highest BCUT2D eigenvalue weighted by Gasteiger charge is 2.14. The Kier molecular flexibility index (Phi) is 7.08. The highest BCUT2D eigenvalue weighted by molar-refractivity contribution is 5.92. The Morgan fingerprint density at radius 1 is 1.03 bits per heavy atom. The lowest BCUT2D eigenvalue weighted by Crippen LogP contribution is -2.41. The van der Waals surface area contributed by atoms with Crippen LogP contribution in [0.5, 0.6) is 0 Å². The minimum Gasteiger partial charge on any atom is -0.454 e. The monoisotopic (exact) mass is 414 g/mol. The van der Waals surface area contributed by atoms with Gasteiger partial charge < -0.3 is 8.83 Å². The molecule has 0 unspecified atom stereocenters. The van der Waals surface area contributed by atoms with Crippen molar-refractivity contribution in [3.05, 3.63) is 58.5 Å². The number of carbonyl (C=O) groups excluding carboxylic acids is 2. The predicted octanol–water partition coefficient (Wildman–Crippen LogP) is 2.27. The molecule has 3 rings (SSSR count). The number of rotatable bonds is 9. The molecule has 3 aromatic rings. The summed E-state index contributed by atoms with van der Waals surface area (Å²) in [6, 6.07) is 10.4. The lowest BCUT2D eigenvalue weighted by molar-refractivity contribution is -0.122. The summed E-state index contributed by atoms with van der Waals surface area (Å²) in [5.41, 5.74) is 5.91. The number of hydrogen-bond acceptors (Lipinski definition) is 6. The Bertz CT molecular complexity index is 1060. The van der Waals surface area contributed by atoms with Crippen LogP contribution in [0.4, 0.5) is 0 Å². The van der Waals surface area contributed by atoms with Crippen LogP contribution in [-0.4, -0.2) is 34.4 Å². The third-order valence-electron chi connectivity index (χ3n) is 4.83. The van der Waals surface area contributed by atoms with E-state index in [0.29, 0.717) is 36.4 Å². The average Bonchev–Trinajstić information content (AvgIpc) is 3.34. The van der Waals surface area contributed by atoms with E-state index in [2.05, 4.69) is 29.6 Å². The highest BCUT2D eigenvalue weighted by atomic mass is 16.4. The lowest BCUT2D eigenvalue weighted by Gasteiger charge is -2.15. The molecule has 2 amide bonds. The second-order valence-corrected chi connectivity index (χ2v) is 6.82. The molecule has 0 radical (unpaired) electrons. The van der Waals surface area contributed by atoms with Gasteiger partial charge in [0.25, 0.3) is 0 Å². The summed E-state index contributed by atoms with van der Waals surface area (Å²) < 4.78 is 12.2.